The van der Waals surface area contributed by atoms with Crippen LogP contribution in [0, 0.1) is 11.8 Å². The van der Waals surface area contributed by atoms with Gasteiger partial charge in [-0.15, -0.1) is 23.5 Å². The molecule has 0 radical (unpaired) electrons. The lowest BCUT2D eigenvalue weighted by Crippen LogP contribution is -2.09. The van der Waals surface area contributed by atoms with Crippen LogP contribution in [0.3, 0.4) is 0 Å². The maximum Gasteiger partial charge on any atom is 0.104 e. The van der Waals surface area contributed by atoms with Gasteiger partial charge in [0.05, 0.1) is 0 Å². The highest BCUT2D eigenvalue weighted by Gasteiger charge is 2.14. The summed E-state index contributed by atoms with van der Waals surface area (Å²) in [5, 5.41) is 0. The summed E-state index contributed by atoms with van der Waals surface area (Å²) in [6.45, 7) is 4.58. The van der Waals surface area contributed by atoms with Crippen molar-refractivity contribution in [1.82, 2.24) is 0 Å². The zero-order valence-corrected chi connectivity index (χ0v) is 13.7. The van der Waals surface area contributed by atoms with E-state index in [-0.39, 0.29) is 0 Å². The van der Waals surface area contributed by atoms with Crippen LogP contribution in [0.2, 0.25) is 0 Å². The van der Waals surface area contributed by atoms with E-state index in [0.29, 0.717) is 0 Å². The second kappa shape index (κ2) is 9.69. The number of thiocarbonyl (C=S) groups is 1. The second-order valence-corrected chi connectivity index (χ2v) is 8.77. The number of rotatable bonds is 6. The molecule has 0 unspecified atom stereocenters. The first-order chi connectivity index (χ1) is 8.18. The Morgan fingerprint density at radius 2 is 1.88 bits per heavy atom. The second-order valence-electron chi connectivity index (χ2n) is 5.45. The molecule has 0 aromatic rings. The van der Waals surface area contributed by atoms with E-state index in [1.54, 1.807) is 0 Å². The molecule has 0 bridgehead atoms. The summed E-state index contributed by atoms with van der Waals surface area (Å²) in [7, 11) is 0. The van der Waals surface area contributed by atoms with Crippen molar-refractivity contribution in [3.05, 3.63) is 0 Å². The zero-order chi connectivity index (χ0) is 12.5. The highest BCUT2D eigenvalue weighted by atomic mass is 32.2. The van der Waals surface area contributed by atoms with Gasteiger partial charge in [0.1, 0.15) is 3.53 Å². The lowest BCUT2D eigenvalue weighted by atomic mass is 9.91. The first kappa shape index (κ1) is 15.8. The van der Waals surface area contributed by atoms with Crippen LogP contribution in [0.1, 0.15) is 58.8 Å². The Balaban J connectivity index is 1.96. The minimum atomic E-state index is 0.832. The molecule has 1 aliphatic carbocycles. The molecule has 0 aromatic heterocycles. The van der Waals surface area contributed by atoms with Gasteiger partial charge in [0.2, 0.25) is 0 Å². The molecule has 0 aromatic carbocycles. The summed E-state index contributed by atoms with van der Waals surface area (Å²) < 4.78 is 1.18. The zero-order valence-electron chi connectivity index (χ0n) is 11.2. The third kappa shape index (κ3) is 8.50. The van der Waals surface area contributed by atoms with Crippen molar-refractivity contribution in [2.75, 3.05) is 11.5 Å². The molecule has 1 saturated carbocycles. The van der Waals surface area contributed by atoms with Crippen molar-refractivity contribution in [2.24, 2.45) is 11.8 Å². The normalized spacial score (nSPS) is 17.6. The molecule has 1 rings (SSSR count). The number of hydrogen-bond acceptors (Lipinski definition) is 3. The van der Waals surface area contributed by atoms with Crippen LogP contribution in [0.15, 0.2) is 0 Å². The van der Waals surface area contributed by atoms with Crippen molar-refractivity contribution in [3.63, 3.8) is 0 Å². The summed E-state index contributed by atoms with van der Waals surface area (Å²) in [6, 6.07) is 0. The monoisotopic (exact) mass is 290 g/mol. The lowest BCUT2D eigenvalue weighted by molar-refractivity contribution is 0.391. The topological polar surface area (TPSA) is 0 Å². The van der Waals surface area contributed by atoms with E-state index in [1.807, 2.05) is 23.5 Å². The average molecular weight is 291 g/mol. The molecular formula is C14H26S3. The van der Waals surface area contributed by atoms with Gasteiger partial charge in [0, 0.05) is 5.75 Å². The predicted molar refractivity (Wildman–Crippen MR) is 88.2 cm³/mol. The van der Waals surface area contributed by atoms with Gasteiger partial charge in [-0.1, -0.05) is 51.7 Å². The van der Waals surface area contributed by atoms with Crippen LogP contribution < -0.4 is 0 Å². The van der Waals surface area contributed by atoms with E-state index in [9.17, 15) is 0 Å². The van der Waals surface area contributed by atoms with Gasteiger partial charge in [-0.3, -0.25) is 0 Å². The quantitative estimate of drug-likeness (QED) is 0.451. The molecule has 17 heavy (non-hydrogen) atoms. The molecule has 1 fully saturated rings. The van der Waals surface area contributed by atoms with E-state index in [4.69, 9.17) is 12.2 Å². The molecule has 0 heterocycles. The van der Waals surface area contributed by atoms with Gasteiger partial charge in [0.15, 0.2) is 0 Å². The van der Waals surface area contributed by atoms with Crippen molar-refractivity contribution >= 4 is 39.3 Å². The smallest absolute Gasteiger partial charge is 0.104 e. The van der Waals surface area contributed by atoms with Crippen molar-refractivity contribution in [1.29, 1.82) is 0 Å². The van der Waals surface area contributed by atoms with Gasteiger partial charge in [-0.05, 0) is 36.9 Å². The van der Waals surface area contributed by atoms with Gasteiger partial charge >= 0.3 is 0 Å². The van der Waals surface area contributed by atoms with Gasteiger partial charge < -0.3 is 0 Å². The molecular weight excluding hydrogens is 264 g/mol. The Bertz CT molecular complexity index is 208. The summed E-state index contributed by atoms with van der Waals surface area (Å²) in [5.74, 6) is 4.27. The predicted octanol–water partition coefficient (Wildman–Crippen LogP) is 5.75. The average Bonchev–Trinajstić information content (AvgIpc) is 2.33. The van der Waals surface area contributed by atoms with Gasteiger partial charge in [0.25, 0.3) is 0 Å². The molecule has 0 saturated heterocycles. The van der Waals surface area contributed by atoms with Crippen molar-refractivity contribution in [2.45, 2.75) is 58.8 Å². The maximum atomic E-state index is 5.43. The van der Waals surface area contributed by atoms with E-state index in [1.165, 1.54) is 60.0 Å². The number of hydrogen-bond donors (Lipinski definition) is 0. The third-order valence-corrected chi connectivity index (χ3v) is 6.32. The molecule has 0 amide bonds. The standard InChI is InChI=1S/C14H26S3/c1-12(2)7-6-10-16-14(15)17-11-13-8-4-3-5-9-13/h12-13H,3-11H2,1-2H3. The highest BCUT2D eigenvalue weighted by molar-refractivity contribution is 8.47. The fraction of sp³-hybridized carbons (Fsp3) is 0.929. The van der Waals surface area contributed by atoms with E-state index in [2.05, 4.69) is 13.8 Å². The van der Waals surface area contributed by atoms with Crippen LogP contribution in [0.5, 0.6) is 0 Å². The van der Waals surface area contributed by atoms with Crippen molar-refractivity contribution < 1.29 is 0 Å². The SMILES string of the molecule is CC(C)CCCSC(=S)SCC1CCCCC1. The summed E-state index contributed by atoms with van der Waals surface area (Å²) >= 11 is 9.27. The van der Waals surface area contributed by atoms with Crippen LogP contribution in [-0.4, -0.2) is 15.0 Å². The van der Waals surface area contributed by atoms with Crippen LogP contribution in [0.4, 0.5) is 0 Å². The first-order valence-electron chi connectivity index (χ1n) is 6.98. The molecule has 3 heteroatoms. The van der Waals surface area contributed by atoms with E-state index in [0.717, 1.165) is 11.8 Å². The van der Waals surface area contributed by atoms with Gasteiger partial charge in [-0.25, -0.2) is 0 Å². The molecule has 1 aliphatic rings. The van der Waals surface area contributed by atoms with Crippen molar-refractivity contribution in [3.8, 4) is 0 Å². The largest absolute Gasteiger partial charge is 0.108 e. The van der Waals surface area contributed by atoms with E-state index < -0.39 is 0 Å². The molecule has 0 nitrogen and oxygen atoms in total. The Hall–Kier alpha value is 0.790. The summed E-state index contributed by atoms with van der Waals surface area (Å²) in [5.41, 5.74) is 0. The summed E-state index contributed by atoms with van der Waals surface area (Å²) in [6.07, 6.45) is 9.87. The molecule has 0 aliphatic heterocycles. The lowest BCUT2D eigenvalue weighted by Gasteiger charge is -2.20. The Morgan fingerprint density at radius 3 is 2.53 bits per heavy atom. The van der Waals surface area contributed by atoms with Crippen LogP contribution >= 0.6 is 35.7 Å². The van der Waals surface area contributed by atoms with E-state index >= 15 is 0 Å². The van der Waals surface area contributed by atoms with Gasteiger partial charge in [-0.2, -0.15) is 0 Å². The third-order valence-electron chi connectivity index (χ3n) is 3.31. The fourth-order valence-corrected chi connectivity index (χ4v) is 4.65. The molecule has 100 valence electrons. The first-order valence-corrected chi connectivity index (χ1v) is 9.36. The minimum absolute atomic E-state index is 0.832. The van der Waals surface area contributed by atoms with Crippen LogP contribution in [-0.2, 0) is 0 Å². The Labute approximate surface area is 121 Å². The Morgan fingerprint density at radius 1 is 1.18 bits per heavy atom. The molecule has 0 N–H and O–H groups in total. The molecule has 0 spiro atoms. The summed E-state index contributed by atoms with van der Waals surface area (Å²) in [4.78, 5) is 0. The highest BCUT2D eigenvalue weighted by Crippen LogP contribution is 2.29. The fourth-order valence-electron chi connectivity index (χ4n) is 2.23. The Kier molecular flexibility index (Phi) is 9.03. The number of thioether (sulfide) groups is 2. The van der Waals surface area contributed by atoms with Crippen LogP contribution in [0.25, 0.3) is 0 Å². The molecule has 0 atom stereocenters. The minimum Gasteiger partial charge on any atom is -0.108 e. The maximum absolute atomic E-state index is 5.43.